The minimum Gasteiger partial charge on any atom is -0.338 e. The number of hydrogen-bond donors (Lipinski definition) is 1. The van der Waals surface area contributed by atoms with E-state index in [1.807, 2.05) is 12.4 Å². The lowest BCUT2D eigenvalue weighted by Crippen LogP contribution is -2.64. The van der Waals surface area contributed by atoms with Crippen molar-refractivity contribution < 1.29 is 0 Å². The lowest BCUT2D eigenvalue weighted by Gasteiger charge is -2.48. The van der Waals surface area contributed by atoms with Crippen molar-refractivity contribution in [3.63, 3.8) is 0 Å². The van der Waals surface area contributed by atoms with Gasteiger partial charge in [0.1, 0.15) is 5.82 Å². The van der Waals surface area contributed by atoms with Crippen LogP contribution in [0.2, 0.25) is 0 Å². The Hall–Kier alpha value is -0.870. The monoisotopic (exact) mass is 262 g/mol. The summed E-state index contributed by atoms with van der Waals surface area (Å²) in [6.45, 7) is 8.17. The van der Waals surface area contributed by atoms with Crippen LogP contribution in [-0.2, 0) is 13.5 Å². The molecule has 0 bridgehead atoms. The van der Waals surface area contributed by atoms with Crippen molar-refractivity contribution in [2.24, 2.45) is 13.0 Å². The molecule has 0 spiro atoms. The molecule has 1 aliphatic heterocycles. The first-order chi connectivity index (χ1) is 9.09. The summed E-state index contributed by atoms with van der Waals surface area (Å²) in [5.74, 6) is 2.10. The van der Waals surface area contributed by atoms with Crippen LogP contribution in [0.15, 0.2) is 12.4 Å². The van der Waals surface area contributed by atoms with E-state index in [-0.39, 0.29) is 0 Å². The van der Waals surface area contributed by atoms with Crippen molar-refractivity contribution in [3.05, 3.63) is 18.2 Å². The fourth-order valence-electron chi connectivity index (χ4n) is 3.42. The zero-order chi connectivity index (χ0) is 13.5. The van der Waals surface area contributed by atoms with Crippen LogP contribution in [0.1, 0.15) is 32.5 Å². The van der Waals surface area contributed by atoms with Crippen LogP contribution in [0, 0.1) is 5.92 Å². The third-order valence-electron chi connectivity index (χ3n) is 5.01. The van der Waals surface area contributed by atoms with Gasteiger partial charge in [0.2, 0.25) is 0 Å². The quantitative estimate of drug-likeness (QED) is 0.891. The molecule has 2 unspecified atom stereocenters. The summed E-state index contributed by atoms with van der Waals surface area (Å²) in [4.78, 5) is 7.16. The van der Waals surface area contributed by atoms with Gasteiger partial charge in [-0.05, 0) is 32.6 Å². The van der Waals surface area contributed by atoms with Gasteiger partial charge in [-0.25, -0.2) is 4.98 Å². The first-order valence-electron chi connectivity index (χ1n) is 7.54. The Morgan fingerprint density at radius 3 is 2.89 bits per heavy atom. The summed E-state index contributed by atoms with van der Waals surface area (Å²) in [5.41, 5.74) is 0.359. The third kappa shape index (κ3) is 2.56. The molecule has 106 valence electrons. The molecule has 19 heavy (non-hydrogen) atoms. The van der Waals surface area contributed by atoms with E-state index in [2.05, 4.69) is 40.7 Å². The van der Waals surface area contributed by atoms with E-state index in [0.717, 1.165) is 32.0 Å². The van der Waals surface area contributed by atoms with Crippen LogP contribution in [-0.4, -0.2) is 45.7 Å². The average molecular weight is 262 g/mol. The molecule has 2 aliphatic rings. The predicted molar refractivity (Wildman–Crippen MR) is 77.1 cm³/mol. The summed E-state index contributed by atoms with van der Waals surface area (Å²) in [5, 5.41) is 3.67. The number of piperazine rings is 1. The summed E-state index contributed by atoms with van der Waals surface area (Å²) in [6.07, 6.45) is 7.81. The highest BCUT2D eigenvalue weighted by molar-refractivity contribution is 5.05. The Labute approximate surface area is 116 Å². The average Bonchev–Trinajstić information content (AvgIpc) is 3.16. The molecule has 2 atom stereocenters. The highest BCUT2D eigenvalue weighted by Gasteiger charge is 2.47. The number of nitrogens with zero attached hydrogens (tertiary/aromatic N) is 3. The van der Waals surface area contributed by atoms with Gasteiger partial charge in [-0.2, -0.15) is 0 Å². The molecule has 0 radical (unpaired) electrons. The van der Waals surface area contributed by atoms with Crippen LogP contribution < -0.4 is 5.32 Å². The highest BCUT2D eigenvalue weighted by atomic mass is 15.3. The zero-order valence-electron chi connectivity index (χ0n) is 12.4. The number of imidazole rings is 1. The van der Waals surface area contributed by atoms with Gasteiger partial charge in [0, 0.05) is 57.1 Å². The molecule has 2 fully saturated rings. The van der Waals surface area contributed by atoms with Crippen LogP contribution in [0.4, 0.5) is 0 Å². The molecule has 1 aliphatic carbocycles. The van der Waals surface area contributed by atoms with E-state index < -0.39 is 0 Å². The van der Waals surface area contributed by atoms with E-state index >= 15 is 0 Å². The van der Waals surface area contributed by atoms with Crippen molar-refractivity contribution in [2.45, 2.75) is 44.7 Å². The second kappa shape index (κ2) is 4.91. The summed E-state index contributed by atoms with van der Waals surface area (Å²) in [7, 11) is 2.09. The molecule has 1 aromatic heterocycles. The molecule has 4 nitrogen and oxygen atoms in total. The molecular formula is C15H26N4. The molecule has 1 aromatic rings. The first kappa shape index (κ1) is 13.1. The predicted octanol–water partition coefficient (Wildman–Crippen LogP) is 1.42. The zero-order valence-corrected chi connectivity index (χ0v) is 12.4. The number of rotatable bonds is 4. The molecule has 4 heteroatoms. The van der Waals surface area contributed by atoms with Gasteiger partial charge >= 0.3 is 0 Å². The topological polar surface area (TPSA) is 33.1 Å². The summed E-state index contributed by atoms with van der Waals surface area (Å²) in [6, 6.07) is 0.605. The van der Waals surface area contributed by atoms with Gasteiger partial charge in [-0.3, -0.25) is 4.90 Å². The SMILES string of the molecule is CC1CN(CCc2nccn2C)C(C)(C2CC2)CN1. The first-order valence-corrected chi connectivity index (χ1v) is 7.54. The Kier molecular flexibility index (Phi) is 3.39. The Bertz CT molecular complexity index is 437. The van der Waals surface area contributed by atoms with Gasteiger partial charge in [0.15, 0.2) is 0 Å². The van der Waals surface area contributed by atoms with E-state index in [1.54, 1.807) is 0 Å². The Morgan fingerprint density at radius 1 is 1.47 bits per heavy atom. The number of aryl methyl sites for hydroxylation is 1. The standard InChI is InChI=1S/C15H26N4/c1-12-10-19(8-6-14-16-7-9-18(14)3)15(2,11-17-12)13-4-5-13/h7,9,12-13,17H,4-6,8,10-11H2,1-3H3. The third-order valence-corrected chi connectivity index (χ3v) is 5.01. The van der Waals surface area contributed by atoms with Gasteiger partial charge in [-0.1, -0.05) is 0 Å². The maximum Gasteiger partial charge on any atom is 0.109 e. The Morgan fingerprint density at radius 2 is 2.26 bits per heavy atom. The fourth-order valence-corrected chi connectivity index (χ4v) is 3.42. The highest BCUT2D eigenvalue weighted by Crippen LogP contribution is 2.43. The van der Waals surface area contributed by atoms with Gasteiger partial charge in [0.05, 0.1) is 0 Å². The van der Waals surface area contributed by atoms with Crippen LogP contribution >= 0.6 is 0 Å². The minimum absolute atomic E-state index is 0.359. The van der Waals surface area contributed by atoms with Crippen LogP contribution in [0.25, 0.3) is 0 Å². The van der Waals surface area contributed by atoms with E-state index in [9.17, 15) is 0 Å². The maximum atomic E-state index is 4.45. The Balaban J connectivity index is 1.67. The molecule has 2 heterocycles. The minimum atomic E-state index is 0.359. The maximum absolute atomic E-state index is 4.45. The van der Waals surface area contributed by atoms with Crippen LogP contribution in [0.3, 0.4) is 0 Å². The summed E-state index contributed by atoms with van der Waals surface area (Å²) >= 11 is 0. The van der Waals surface area contributed by atoms with Crippen molar-refractivity contribution >= 4 is 0 Å². The number of hydrogen-bond acceptors (Lipinski definition) is 3. The van der Waals surface area contributed by atoms with E-state index in [0.29, 0.717) is 11.6 Å². The largest absolute Gasteiger partial charge is 0.338 e. The van der Waals surface area contributed by atoms with Gasteiger partial charge in [-0.15, -0.1) is 0 Å². The van der Waals surface area contributed by atoms with Crippen LogP contribution in [0.5, 0.6) is 0 Å². The fraction of sp³-hybridized carbons (Fsp3) is 0.800. The molecule has 1 N–H and O–H groups in total. The van der Waals surface area contributed by atoms with Gasteiger partial charge in [0.25, 0.3) is 0 Å². The molecule has 3 rings (SSSR count). The normalized spacial score (nSPS) is 32.7. The van der Waals surface area contributed by atoms with Crippen molar-refractivity contribution in [3.8, 4) is 0 Å². The molecule has 1 saturated carbocycles. The number of aromatic nitrogens is 2. The van der Waals surface area contributed by atoms with E-state index in [1.165, 1.54) is 18.7 Å². The lowest BCUT2D eigenvalue weighted by molar-refractivity contribution is 0.0389. The molecular weight excluding hydrogens is 236 g/mol. The molecule has 1 saturated heterocycles. The second-order valence-corrected chi connectivity index (χ2v) is 6.56. The second-order valence-electron chi connectivity index (χ2n) is 6.56. The van der Waals surface area contributed by atoms with Crippen molar-refractivity contribution in [2.75, 3.05) is 19.6 Å². The molecule has 0 aromatic carbocycles. The van der Waals surface area contributed by atoms with Crippen molar-refractivity contribution in [1.29, 1.82) is 0 Å². The van der Waals surface area contributed by atoms with Crippen molar-refractivity contribution in [1.82, 2.24) is 19.8 Å². The summed E-state index contributed by atoms with van der Waals surface area (Å²) < 4.78 is 2.14. The number of nitrogens with one attached hydrogen (secondary N) is 1. The smallest absolute Gasteiger partial charge is 0.109 e. The van der Waals surface area contributed by atoms with E-state index in [4.69, 9.17) is 0 Å². The molecule has 0 amide bonds. The lowest BCUT2D eigenvalue weighted by atomic mass is 9.89. The van der Waals surface area contributed by atoms with Gasteiger partial charge < -0.3 is 9.88 Å².